The van der Waals surface area contributed by atoms with Gasteiger partial charge in [0.05, 0.1) is 0 Å². The highest BCUT2D eigenvalue weighted by Gasteiger charge is 2.28. The van der Waals surface area contributed by atoms with Crippen LogP contribution >= 0.6 is 6.89 Å². The molecular weight excluding hydrogens is 511 g/mol. The molecule has 0 fully saturated rings. The van der Waals surface area contributed by atoms with Gasteiger partial charge in [-0.1, -0.05) is 145 Å². The van der Waals surface area contributed by atoms with Gasteiger partial charge in [0.25, 0.3) is 0 Å². The second kappa shape index (κ2) is 8.20. The average Bonchev–Trinajstić information content (AvgIpc) is 3.02. The molecule has 0 aliphatic carbocycles. The van der Waals surface area contributed by atoms with Crippen LogP contribution in [0.2, 0.25) is 0 Å². The van der Waals surface area contributed by atoms with Gasteiger partial charge in [-0.3, -0.25) is 0 Å². The van der Waals surface area contributed by atoms with Crippen molar-refractivity contribution in [2.24, 2.45) is 0 Å². The Balaban J connectivity index is 1.46. The second-order valence-corrected chi connectivity index (χ2v) is 14.6. The van der Waals surface area contributed by atoms with E-state index in [0.717, 1.165) is 0 Å². The molecule has 0 saturated carbocycles. The Morgan fingerprint density at radius 1 is 0.390 bits per heavy atom. The summed E-state index contributed by atoms with van der Waals surface area (Å²) in [7, 11) is 0. The smallest absolute Gasteiger partial charge is 0.00202 e. The number of benzene rings is 9. The molecule has 0 nitrogen and oxygen atoms in total. The lowest BCUT2D eigenvalue weighted by Gasteiger charge is -2.30. The highest BCUT2D eigenvalue weighted by Crippen LogP contribution is 2.49. The lowest BCUT2D eigenvalue weighted by Crippen LogP contribution is -2.27. The highest BCUT2D eigenvalue weighted by molar-refractivity contribution is 7.94. The van der Waals surface area contributed by atoms with Crippen LogP contribution in [0.15, 0.2) is 133 Å². The van der Waals surface area contributed by atoms with Gasteiger partial charge in [0.2, 0.25) is 0 Å². The molecule has 0 atom stereocenters. The van der Waals surface area contributed by atoms with Gasteiger partial charge in [0.15, 0.2) is 0 Å². The molecule has 0 amide bonds. The van der Waals surface area contributed by atoms with E-state index in [2.05, 4.69) is 140 Å². The maximum Gasteiger partial charge on any atom is -0.00202 e. The maximum absolute atomic E-state index is 5.29. The van der Waals surface area contributed by atoms with Crippen molar-refractivity contribution in [2.75, 3.05) is 0 Å². The third kappa shape index (κ3) is 3.06. The average molecular weight is 539 g/mol. The summed E-state index contributed by atoms with van der Waals surface area (Å²) in [4.78, 5) is 0. The first kappa shape index (κ1) is 23.1. The van der Waals surface area contributed by atoms with Gasteiger partial charge < -0.3 is 0 Å². The second-order valence-electron chi connectivity index (χ2n) is 11.5. The number of aryl methyl sites for hydroxylation is 1. The fourth-order valence-corrected chi connectivity index (χ4v) is 10.6. The van der Waals surface area contributed by atoms with E-state index in [1.807, 2.05) is 0 Å². The normalized spacial score (nSPS) is 12.6. The van der Waals surface area contributed by atoms with Gasteiger partial charge in [0, 0.05) is 0 Å². The predicted octanol–water partition coefficient (Wildman–Crippen LogP) is 9.52. The largest absolute Gasteiger partial charge is 0.0886 e. The van der Waals surface area contributed by atoms with Crippen molar-refractivity contribution < 1.29 is 0 Å². The minimum Gasteiger partial charge on any atom is -0.0886 e. The van der Waals surface area contributed by atoms with Gasteiger partial charge in [0.1, 0.15) is 0 Å². The molecule has 0 radical (unpaired) electrons. The van der Waals surface area contributed by atoms with Crippen molar-refractivity contribution in [2.45, 2.75) is 6.92 Å². The molecule has 0 unspecified atom stereocenters. The molecule has 9 aromatic rings. The summed E-state index contributed by atoms with van der Waals surface area (Å²) in [6.07, 6.45) is 5.29. The summed E-state index contributed by atoms with van der Waals surface area (Å²) in [5, 5.41) is 19.8. The van der Waals surface area contributed by atoms with Gasteiger partial charge in [-0.25, -0.2) is 0 Å². The van der Waals surface area contributed by atoms with E-state index in [0.29, 0.717) is 0 Å². The minimum atomic E-state index is -2.31. The Morgan fingerprint density at radius 2 is 0.756 bits per heavy atom. The molecular formula is C40H27P. The predicted molar refractivity (Wildman–Crippen MR) is 184 cm³/mol. The van der Waals surface area contributed by atoms with Crippen LogP contribution in [0.3, 0.4) is 0 Å². The molecule has 0 aliphatic rings. The molecule has 9 aromatic carbocycles. The number of hydrogen-bond donors (Lipinski definition) is 0. The fourth-order valence-electron chi connectivity index (χ4n) is 7.31. The first-order valence-corrected chi connectivity index (χ1v) is 16.2. The van der Waals surface area contributed by atoms with Crippen LogP contribution in [0.4, 0.5) is 0 Å². The molecule has 0 saturated heterocycles. The quantitative estimate of drug-likeness (QED) is 0.155. The lowest BCUT2D eigenvalue weighted by atomic mass is 9.94. The lowest BCUT2D eigenvalue weighted by molar-refractivity contribution is 1.49. The van der Waals surface area contributed by atoms with Gasteiger partial charge in [-0.15, -0.1) is 0 Å². The Morgan fingerprint density at radius 3 is 1.20 bits per heavy atom. The monoisotopic (exact) mass is 538 g/mol. The summed E-state index contributed by atoms with van der Waals surface area (Å²) in [6, 6.07) is 50.2. The SMILES string of the molecule is C=P(c1ccc(C)cc1)(c1ccc2ccc3cccc4ccc1c2c34)c1ccc2ccc3cccc4ccc1c2c34. The van der Waals surface area contributed by atoms with Crippen molar-refractivity contribution in [1.82, 2.24) is 0 Å². The molecule has 0 aromatic heterocycles. The minimum absolute atomic E-state index is 1.27. The summed E-state index contributed by atoms with van der Waals surface area (Å²) in [6.45, 7) is -0.147. The maximum atomic E-state index is 5.29. The van der Waals surface area contributed by atoms with Crippen LogP contribution in [0.25, 0.3) is 64.6 Å². The summed E-state index contributed by atoms with van der Waals surface area (Å²) in [5.74, 6) is 0. The van der Waals surface area contributed by atoms with E-state index in [1.165, 1.54) is 86.1 Å². The van der Waals surface area contributed by atoms with Crippen molar-refractivity contribution >= 4 is 93.7 Å². The Hall–Kier alpha value is -4.64. The van der Waals surface area contributed by atoms with E-state index in [4.69, 9.17) is 6.30 Å². The first-order valence-electron chi connectivity index (χ1n) is 14.3. The molecule has 192 valence electrons. The van der Waals surface area contributed by atoms with Gasteiger partial charge >= 0.3 is 0 Å². The van der Waals surface area contributed by atoms with Gasteiger partial charge in [-0.2, -0.15) is 0 Å². The van der Waals surface area contributed by atoms with Crippen molar-refractivity contribution in [1.29, 1.82) is 0 Å². The van der Waals surface area contributed by atoms with Crippen molar-refractivity contribution in [3.05, 3.63) is 139 Å². The zero-order valence-electron chi connectivity index (χ0n) is 22.9. The Kier molecular flexibility index (Phi) is 4.62. The van der Waals surface area contributed by atoms with E-state index < -0.39 is 6.89 Å². The Bertz CT molecular complexity index is 2310. The first-order chi connectivity index (χ1) is 20.1. The van der Waals surface area contributed by atoms with Crippen LogP contribution in [-0.2, 0) is 0 Å². The third-order valence-electron chi connectivity index (χ3n) is 9.31. The van der Waals surface area contributed by atoms with Crippen LogP contribution < -0.4 is 15.9 Å². The fraction of sp³-hybridized carbons (Fsp3) is 0.0250. The molecule has 0 bridgehead atoms. The summed E-state index contributed by atoms with van der Waals surface area (Å²) in [5.41, 5.74) is 1.27. The molecule has 0 heterocycles. The third-order valence-corrected chi connectivity index (χ3v) is 12.9. The van der Waals surface area contributed by atoms with Crippen LogP contribution in [-0.4, -0.2) is 6.30 Å². The summed E-state index contributed by atoms with van der Waals surface area (Å²) < 4.78 is 0. The topological polar surface area (TPSA) is 0 Å². The van der Waals surface area contributed by atoms with Crippen molar-refractivity contribution in [3.63, 3.8) is 0 Å². The van der Waals surface area contributed by atoms with Gasteiger partial charge in [-0.05, 0) is 94.4 Å². The molecule has 0 spiro atoms. The van der Waals surface area contributed by atoms with Crippen LogP contribution in [0.5, 0.6) is 0 Å². The molecule has 0 N–H and O–H groups in total. The van der Waals surface area contributed by atoms with Crippen molar-refractivity contribution in [3.8, 4) is 0 Å². The van der Waals surface area contributed by atoms with Crippen LogP contribution in [0, 0.1) is 6.92 Å². The van der Waals surface area contributed by atoms with E-state index in [1.54, 1.807) is 0 Å². The zero-order chi connectivity index (χ0) is 27.3. The molecule has 9 rings (SSSR count). The standard InChI is InChI=1S/C40H27P/c1-25-9-19-32(20-10-25)41(2,35-23-17-30-13-11-26-5-3-7-28-15-21-33(35)39(30)37(26)28)36-24-18-31-14-12-27-6-4-8-29-16-22-34(36)40(31)38(27)29/h3-24H,2H2,1H3. The molecule has 0 aliphatic heterocycles. The van der Waals surface area contributed by atoms with E-state index in [-0.39, 0.29) is 0 Å². The zero-order valence-corrected chi connectivity index (χ0v) is 23.8. The number of rotatable bonds is 3. The molecule has 1 heteroatoms. The van der Waals surface area contributed by atoms with E-state index >= 15 is 0 Å². The Labute approximate surface area is 239 Å². The highest BCUT2D eigenvalue weighted by atomic mass is 31.2. The van der Waals surface area contributed by atoms with Crippen LogP contribution in [0.1, 0.15) is 5.56 Å². The number of hydrogen-bond acceptors (Lipinski definition) is 0. The van der Waals surface area contributed by atoms with E-state index in [9.17, 15) is 0 Å². The summed E-state index contributed by atoms with van der Waals surface area (Å²) >= 11 is 0. The molecule has 41 heavy (non-hydrogen) atoms.